The Balaban J connectivity index is 1.81. The molecule has 0 atom stereocenters. The second kappa shape index (κ2) is 7.61. The van der Waals surface area contributed by atoms with E-state index < -0.39 is 11.9 Å². The summed E-state index contributed by atoms with van der Waals surface area (Å²) < 4.78 is 6.12. The zero-order valence-electron chi connectivity index (χ0n) is 11.9. The van der Waals surface area contributed by atoms with Crippen molar-refractivity contribution in [3.05, 3.63) is 58.6 Å². The quantitative estimate of drug-likeness (QED) is 0.874. The Labute approximate surface area is 136 Å². The van der Waals surface area contributed by atoms with E-state index in [2.05, 4.69) is 26.6 Å². The van der Waals surface area contributed by atoms with Gasteiger partial charge in [-0.2, -0.15) is 0 Å². The molecule has 0 heterocycles. The van der Waals surface area contributed by atoms with Crippen LogP contribution in [0.25, 0.3) is 0 Å². The molecule has 0 aliphatic carbocycles. The van der Waals surface area contributed by atoms with Crippen LogP contribution in [0.3, 0.4) is 0 Å². The summed E-state index contributed by atoms with van der Waals surface area (Å²) in [6, 6.07) is 13.8. The van der Waals surface area contributed by atoms with Gasteiger partial charge < -0.3 is 10.1 Å². The number of benzene rings is 2. The zero-order chi connectivity index (χ0) is 15.9. The highest BCUT2D eigenvalue weighted by Gasteiger charge is 2.09. The van der Waals surface area contributed by atoms with Crippen molar-refractivity contribution >= 4 is 33.6 Å². The number of amides is 3. The molecule has 0 aliphatic rings. The van der Waals surface area contributed by atoms with Crippen molar-refractivity contribution in [2.75, 3.05) is 11.9 Å². The Morgan fingerprint density at radius 1 is 1.14 bits per heavy atom. The molecule has 0 unspecified atom stereocenters. The Kier molecular flexibility index (Phi) is 5.55. The molecule has 6 heteroatoms. The number of carbonyl (C=O) groups is 2. The second-order valence-electron chi connectivity index (χ2n) is 4.59. The molecule has 114 valence electrons. The maximum atomic E-state index is 11.7. The molecule has 0 fully saturated rings. The first kappa shape index (κ1) is 16.0. The number of rotatable bonds is 4. The topological polar surface area (TPSA) is 67.4 Å². The Morgan fingerprint density at radius 3 is 2.55 bits per heavy atom. The predicted molar refractivity (Wildman–Crippen MR) is 88.0 cm³/mol. The number of aryl methyl sites for hydroxylation is 1. The van der Waals surface area contributed by atoms with Gasteiger partial charge in [0.1, 0.15) is 5.75 Å². The van der Waals surface area contributed by atoms with Crippen LogP contribution in [0.4, 0.5) is 10.5 Å². The lowest BCUT2D eigenvalue weighted by atomic mass is 10.2. The first-order valence-electron chi connectivity index (χ1n) is 6.59. The average molecular weight is 363 g/mol. The molecule has 2 N–H and O–H groups in total. The number of imide groups is 1. The minimum atomic E-state index is -0.595. The van der Waals surface area contributed by atoms with Crippen molar-refractivity contribution in [2.24, 2.45) is 0 Å². The zero-order valence-corrected chi connectivity index (χ0v) is 13.5. The number of para-hydroxylation sites is 1. The fourth-order valence-corrected chi connectivity index (χ4v) is 2.32. The van der Waals surface area contributed by atoms with Crippen LogP contribution in [-0.2, 0) is 4.79 Å². The van der Waals surface area contributed by atoms with Crippen molar-refractivity contribution < 1.29 is 14.3 Å². The number of nitrogens with one attached hydrogen (secondary N) is 2. The Bertz CT molecular complexity index is 674. The molecular weight excluding hydrogens is 348 g/mol. The largest absolute Gasteiger partial charge is 0.483 e. The number of hydrogen-bond acceptors (Lipinski definition) is 3. The van der Waals surface area contributed by atoms with Gasteiger partial charge in [-0.25, -0.2) is 4.79 Å². The van der Waals surface area contributed by atoms with Gasteiger partial charge in [-0.15, -0.1) is 0 Å². The minimum Gasteiger partial charge on any atom is -0.483 e. The van der Waals surface area contributed by atoms with Crippen LogP contribution in [0.1, 0.15) is 5.56 Å². The molecule has 3 amide bonds. The Morgan fingerprint density at radius 2 is 1.86 bits per heavy atom. The smallest absolute Gasteiger partial charge is 0.325 e. The van der Waals surface area contributed by atoms with E-state index in [4.69, 9.17) is 4.74 Å². The summed E-state index contributed by atoms with van der Waals surface area (Å²) in [5.74, 6) is 0.0186. The van der Waals surface area contributed by atoms with Crippen molar-refractivity contribution in [2.45, 2.75) is 6.92 Å². The molecule has 0 saturated carbocycles. The molecule has 2 aromatic carbocycles. The summed E-state index contributed by atoms with van der Waals surface area (Å²) in [5.41, 5.74) is 1.68. The van der Waals surface area contributed by atoms with E-state index in [0.29, 0.717) is 11.4 Å². The van der Waals surface area contributed by atoms with Crippen LogP contribution in [0.5, 0.6) is 5.75 Å². The molecule has 2 rings (SSSR count). The summed E-state index contributed by atoms with van der Waals surface area (Å²) in [7, 11) is 0. The van der Waals surface area contributed by atoms with E-state index in [0.717, 1.165) is 10.0 Å². The average Bonchev–Trinajstić information content (AvgIpc) is 2.47. The third-order valence-electron chi connectivity index (χ3n) is 2.73. The summed E-state index contributed by atoms with van der Waals surface area (Å²) in [4.78, 5) is 23.3. The van der Waals surface area contributed by atoms with Crippen LogP contribution >= 0.6 is 15.9 Å². The van der Waals surface area contributed by atoms with Gasteiger partial charge in [0.05, 0.1) is 4.47 Å². The lowest BCUT2D eigenvalue weighted by Crippen LogP contribution is -2.37. The number of urea groups is 1. The van der Waals surface area contributed by atoms with Gasteiger partial charge in [-0.1, -0.05) is 24.3 Å². The van der Waals surface area contributed by atoms with Crippen LogP contribution in [0, 0.1) is 6.92 Å². The molecule has 0 bridgehead atoms. The van der Waals surface area contributed by atoms with Gasteiger partial charge in [0.15, 0.2) is 6.61 Å². The van der Waals surface area contributed by atoms with E-state index in [-0.39, 0.29) is 6.61 Å². The molecule has 2 aromatic rings. The first-order chi connectivity index (χ1) is 10.5. The molecule has 22 heavy (non-hydrogen) atoms. The van der Waals surface area contributed by atoms with E-state index in [1.54, 1.807) is 30.3 Å². The lowest BCUT2D eigenvalue weighted by Gasteiger charge is -2.09. The van der Waals surface area contributed by atoms with Crippen molar-refractivity contribution in [3.63, 3.8) is 0 Å². The van der Waals surface area contributed by atoms with Gasteiger partial charge in [0.2, 0.25) is 0 Å². The summed E-state index contributed by atoms with van der Waals surface area (Å²) in [6.45, 7) is 1.71. The number of halogens is 1. The van der Waals surface area contributed by atoms with Crippen molar-refractivity contribution in [1.29, 1.82) is 0 Å². The summed E-state index contributed by atoms with van der Waals surface area (Å²) >= 11 is 3.36. The first-order valence-corrected chi connectivity index (χ1v) is 7.39. The van der Waals surface area contributed by atoms with Gasteiger partial charge >= 0.3 is 6.03 Å². The molecule has 0 saturated heterocycles. The molecular formula is C16H15BrN2O3. The molecule has 5 nitrogen and oxygen atoms in total. The predicted octanol–water partition coefficient (Wildman–Crippen LogP) is 3.48. The van der Waals surface area contributed by atoms with Crippen LogP contribution < -0.4 is 15.4 Å². The highest BCUT2D eigenvalue weighted by atomic mass is 79.9. The van der Waals surface area contributed by atoms with Gasteiger partial charge in [0.25, 0.3) is 5.91 Å². The highest BCUT2D eigenvalue weighted by Crippen LogP contribution is 2.25. The molecule has 0 aliphatic heterocycles. The van der Waals surface area contributed by atoms with E-state index >= 15 is 0 Å². The monoisotopic (exact) mass is 362 g/mol. The highest BCUT2D eigenvalue weighted by molar-refractivity contribution is 9.10. The standard InChI is InChI=1S/C16H15BrN2O3/c1-11-7-8-14(13(17)9-11)22-10-15(20)19-16(21)18-12-5-3-2-4-6-12/h2-9H,10H2,1H3,(H2,18,19,20,21). The van der Waals surface area contributed by atoms with E-state index in [9.17, 15) is 9.59 Å². The SMILES string of the molecule is Cc1ccc(OCC(=O)NC(=O)Nc2ccccc2)c(Br)c1. The van der Waals surface area contributed by atoms with Crippen LogP contribution in [-0.4, -0.2) is 18.5 Å². The fourth-order valence-electron chi connectivity index (χ4n) is 1.71. The third-order valence-corrected chi connectivity index (χ3v) is 3.35. The number of anilines is 1. The minimum absolute atomic E-state index is 0.246. The lowest BCUT2D eigenvalue weighted by molar-refractivity contribution is -0.121. The number of carbonyl (C=O) groups excluding carboxylic acids is 2. The van der Waals surface area contributed by atoms with Crippen LogP contribution in [0.2, 0.25) is 0 Å². The second-order valence-corrected chi connectivity index (χ2v) is 5.45. The van der Waals surface area contributed by atoms with E-state index in [1.807, 2.05) is 25.1 Å². The molecule has 0 spiro atoms. The third kappa shape index (κ3) is 4.89. The fraction of sp³-hybridized carbons (Fsp3) is 0.125. The van der Waals surface area contributed by atoms with Crippen molar-refractivity contribution in [1.82, 2.24) is 5.32 Å². The summed E-state index contributed by atoms with van der Waals surface area (Å²) in [6.07, 6.45) is 0. The van der Waals surface area contributed by atoms with Crippen LogP contribution in [0.15, 0.2) is 53.0 Å². The maximum Gasteiger partial charge on any atom is 0.325 e. The molecule has 0 aromatic heterocycles. The maximum absolute atomic E-state index is 11.7. The Hall–Kier alpha value is -2.34. The normalized spacial score (nSPS) is 9.91. The van der Waals surface area contributed by atoms with E-state index in [1.165, 1.54) is 0 Å². The number of ether oxygens (including phenoxy) is 1. The summed E-state index contributed by atoms with van der Waals surface area (Å²) in [5, 5.41) is 4.75. The number of hydrogen-bond donors (Lipinski definition) is 2. The van der Waals surface area contributed by atoms with Gasteiger partial charge in [-0.3, -0.25) is 10.1 Å². The van der Waals surface area contributed by atoms with Gasteiger partial charge in [0, 0.05) is 5.69 Å². The van der Waals surface area contributed by atoms with Gasteiger partial charge in [-0.05, 0) is 52.7 Å². The molecule has 0 radical (unpaired) electrons. The van der Waals surface area contributed by atoms with Crippen molar-refractivity contribution in [3.8, 4) is 5.75 Å².